The Hall–Kier alpha value is -2.40. The fourth-order valence-electron chi connectivity index (χ4n) is 3.14. The number of ether oxygens (including phenoxy) is 1. The molecule has 0 unspecified atom stereocenters. The number of benzene rings is 1. The number of methoxy groups -OCH3 is 1. The van der Waals surface area contributed by atoms with Crippen LogP contribution in [0, 0.1) is 13.8 Å². The van der Waals surface area contributed by atoms with Crippen molar-refractivity contribution in [3.05, 3.63) is 57.9 Å². The highest BCUT2D eigenvalue weighted by molar-refractivity contribution is 6.02. The maximum Gasteiger partial charge on any atom is 0.339 e. The monoisotopic (exact) mass is 356 g/mol. The van der Waals surface area contributed by atoms with Crippen LogP contribution in [0.5, 0.6) is 0 Å². The molecule has 5 nitrogen and oxygen atoms in total. The predicted octanol–water partition coefficient (Wildman–Crippen LogP) is 3.86. The number of aryl methyl sites for hydroxylation is 1. The molecule has 0 atom stereocenters. The van der Waals surface area contributed by atoms with Gasteiger partial charge < -0.3 is 9.72 Å². The Morgan fingerprint density at radius 2 is 1.77 bits per heavy atom. The second-order valence-electron chi connectivity index (χ2n) is 7.11. The molecule has 0 radical (unpaired) electrons. The van der Waals surface area contributed by atoms with Crippen molar-refractivity contribution >= 4 is 11.8 Å². The first kappa shape index (κ1) is 19.9. The summed E-state index contributed by atoms with van der Waals surface area (Å²) in [4.78, 5) is 29.5. The van der Waals surface area contributed by atoms with E-state index in [0.29, 0.717) is 35.0 Å². The molecular formula is C21H28N2O3. The Kier molecular flexibility index (Phi) is 6.37. The minimum Gasteiger partial charge on any atom is -0.465 e. The van der Waals surface area contributed by atoms with Gasteiger partial charge in [-0.05, 0) is 43.5 Å². The third-order valence-electron chi connectivity index (χ3n) is 4.62. The van der Waals surface area contributed by atoms with Crippen LogP contribution in [-0.2, 0) is 11.3 Å². The summed E-state index contributed by atoms with van der Waals surface area (Å²) in [5, 5.41) is 0. The number of nitrogens with one attached hydrogen (secondary N) is 1. The van der Waals surface area contributed by atoms with E-state index in [9.17, 15) is 9.59 Å². The summed E-state index contributed by atoms with van der Waals surface area (Å²) in [6.07, 6.45) is 0. The van der Waals surface area contributed by atoms with Crippen LogP contribution in [0.2, 0.25) is 0 Å². The molecule has 0 aliphatic heterocycles. The molecule has 1 N–H and O–H groups in total. The molecule has 0 saturated heterocycles. The summed E-state index contributed by atoms with van der Waals surface area (Å²) in [5.74, 6) is 0.0439. The van der Waals surface area contributed by atoms with E-state index >= 15 is 0 Å². The van der Waals surface area contributed by atoms with Crippen LogP contribution in [0.4, 0.5) is 0 Å². The van der Waals surface area contributed by atoms with E-state index in [1.54, 1.807) is 13.8 Å². The lowest BCUT2D eigenvalue weighted by Crippen LogP contribution is -2.26. The summed E-state index contributed by atoms with van der Waals surface area (Å²) < 4.78 is 4.80. The smallest absolute Gasteiger partial charge is 0.339 e. The Morgan fingerprint density at radius 1 is 1.15 bits per heavy atom. The van der Waals surface area contributed by atoms with Gasteiger partial charge in [0, 0.05) is 12.2 Å². The molecule has 0 amide bonds. The summed E-state index contributed by atoms with van der Waals surface area (Å²) in [7, 11) is 3.26. The number of aromatic nitrogens is 1. The summed E-state index contributed by atoms with van der Waals surface area (Å²) in [6.45, 7) is 8.84. The number of Topliss-reactive ketones (excluding diaryl/α,β-unsaturated/α-hetero) is 1. The van der Waals surface area contributed by atoms with E-state index in [1.807, 2.05) is 11.9 Å². The Morgan fingerprint density at radius 3 is 2.31 bits per heavy atom. The van der Waals surface area contributed by atoms with Crippen LogP contribution in [-0.4, -0.2) is 42.3 Å². The molecule has 5 heteroatoms. The molecule has 0 spiro atoms. The van der Waals surface area contributed by atoms with E-state index in [-0.39, 0.29) is 12.3 Å². The first-order chi connectivity index (χ1) is 12.2. The SMILES string of the molecule is COC(=O)c1c(C)[nH]c(C(=O)CN(C)Cc2ccc(C(C)C)cc2)c1C. The first-order valence-corrected chi connectivity index (χ1v) is 8.82. The van der Waals surface area contributed by atoms with Crippen LogP contribution in [0.1, 0.15) is 63.0 Å². The normalized spacial score (nSPS) is 11.2. The molecule has 2 rings (SSSR count). The number of likely N-dealkylation sites (N-methyl/N-ethyl adjacent to an activating group) is 1. The molecule has 0 saturated carbocycles. The number of esters is 1. The van der Waals surface area contributed by atoms with Gasteiger partial charge >= 0.3 is 5.97 Å². The van der Waals surface area contributed by atoms with Gasteiger partial charge in [0.15, 0.2) is 5.78 Å². The Balaban J connectivity index is 2.06. The number of rotatable bonds is 7. The summed E-state index contributed by atoms with van der Waals surface area (Å²) in [5.41, 5.74) is 4.70. The van der Waals surface area contributed by atoms with Gasteiger partial charge in [-0.2, -0.15) is 0 Å². The minimum atomic E-state index is -0.422. The highest BCUT2D eigenvalue weighted by Gasteiger charge is 2.23. The van der Waals surface area contributed by atoms with Gasteiger partial charge in [0.1, 0.15) is 0 Å². The van der Waals surface area contributed by atoms with Crippen LogP contribution < -0.4 is 0 Å². The lowest BCUT2D eigenvalue weighted by atomic mass is 10.0. The second-order valence-corrected chi connectivity index (χ2v) is 7.11. The first-order valence-electron chi connectivity index (χ1n) is 8.82. The topological polar surface area (TPSA) is 62.4 Å². The van der Waals surface area contributed by atoms with Gasteiger partial charge in [-0.3, -0.25) is 9.69 Å². The van der Waals surface area contributed by atoms with Crippen molar-refractivity contribution < 1.29 is 14.3 Å². The lowest BCUT2D eigenvalue weighted by Gasteiger charge is -2.16. The van der Waals surface area contributed by atoms with Crippen LogP contribution >= 0.6 is 0 Å². The number of hydrogen-bond acceptors (Lipinski definition) is 4. The molecule has 2 aromatic rings. The number of ketones is 1. The summed E-state index contributed by atoms with van der Waals surface area (Å²) >= 11 is 0. The second kappa shape index (κ2) is 8.32. The zero-order valence-electron chi connectivity index (χ0n) is 16.5. The number of carbonyl (C=O) groups excluding carboxylic acids is 2. The quantitative estimate of drug-likeness (QED) is 0.604. The van der Waals surface area contributed by atoms with Crippen LogP contribution in [0.15, 0.2) is 24.3 Å². The molecule has 0 fully saturated rings. The van der Waals surface area contributed by atoms with Crippen molar-refractivity contribution in [3.63, 3.8) is 0 Å². The molecule has 0 bridgehead atoms. The largest absolute Gasteiger partial charge is 0.465 e. The molecule has 0 aliphatic carbocycles. The fourth-order valence-corrected chi connectivity index (χ4v) is 3.14. The minimum absolute atomic E-state index is 0.0398. The third kappa shape index (κ3) is 4.41. The van der Waals surface area contributed by atoms with Gasteiger partial charge in [0.25, 0.3) is 0 Å². The van der Waals surface area contributed by atoms with Gasteiger partial charge in [-0.15, -0.1) is 0 Å². The highest BCUT2D eigenvalue weighted by atomic mass is 16.5. The van der Waals surface area contributed by atoms with Crippen molar-refractivity contribution in [1.82, 2.24) is 9.88 Å². The molecule has 1 aromatic carbocycles. The van der Waals surface area contributed by atoms with E-state index in [4.69, 9.17) is 4.74 Å². The number of nitrogens with zero attached hydrogens (tertiary/aromatic N) is 1. The average molecular weight is 356 g/mol. The molecular weight excluding hydrogens is 328 g/mol. The van der Waals surface area contributed by atoms with Crippen LogP contribution in [0.25, 0.3) is 0 Å². The molecule has 1 heterocycles. The Bertz CT molecular complexity index is 788. The standard InChI is InChI=1S/C21H28N2O3/c1-13(2)17-9-7-16(8-10-17)11-23(5)12-18(24)20-14(3)19(15(4)22-20)21(25)26-6/h7-10,13,22H,11-12H2,1-6H3. The lowest BCUT2D eigenvalue weighted by molar-refractivity contribution is 0.0599. The fraction of sp³-hybridized carbons (Fsp3) is 0.429. The zero-order valence-corrected chi connectivity index (χ0v) is 16.5. The van der Waals surface area contributed by atoms with Crippen molar-refractivity contribution in [2.45, 2.75) is 40.2 Å². The zero-order chi connectivity index (χ0) is 19.4. The number of aromatic amines is 1. The van der Waals surface area contributed by atoms with E-state index in [2.05, 4.69) is 43.1 Å². The van der Waals surface area contributed by atoms with Gasteiger partial charge in [-0.1, -0.05) is 38.1 Å². The molecule has 1 aromatic heterocycles. The third-order valence-corrected chi connectivity index (χ3v) is 4.62. The van der Waals surface area contributed by atoms with Gasteiger partial charge in [-0.25, -0.2) is 4.79 Å². The highest BCUT2D eigenvalue weighted by Crippen LogP contribution is 2.20. The summed E-state index contributed by atoms with van der Waals surface area (Å²) in [6, 6.07) is 8.49. The Labute approximate surface area is 155 Å². The maximum atomic E-state index is 12.7. The van der Waals surface area contributed by atoms with Crippen molar-refractivity contribution in [1.29, 1.82) is 0 Å². The molecule has 26 heavy (non-hydrogen) atoms. The van der Waals surface area contributed by atoms with Crippen molar-refractivity contribution in [2.75, 3.05) is 20.7 Å². The van der Waals surface area contributed by atoms with E-state index in [0.717, 1.165) is 0 Å². The van der Waals surface area contributed by atoms with Crippen LogP contribution in [0.3, 0.4) is 0 Å². The number of carbonyl (C=O) groups is 2. The molecule has 140 valence electrons. The van der Waals surface area contributed by atoms with Gasteiger partial charge in [0.2, 0.25) is 0 Å². The van der Waals surface area contributed by atoms with Gasteiger partial charge in [0.05, 0.1) is 24.9 Å². The van der Waals surface area contributed by atoms with Crippen molar-refractivity contribution in [2.24, 2.45) is 0 Å². The predicted molar refractivity (Wildman–Crippen MR) is 103 cm³/mol. The van der Waals surface area contributed by atoms with Crippen molar-refractivity contribution in [3.8, 4) is 0 Å². The molecule has 0 aliphatic rings. The average Bonchev–Trinajstić information content (AvgIpc) is 2.89. The van der Waals surface area contributed by atoms with E-state index in [1.165, 1.54) is 18.2 Å². The number of H-pyrrole nitrogens is 1. The maximum absolute atomic E-state index is 12.7. The van der Waals surface area contributed by atoms with E-state index < -0.39 is 5.97 Å². The number of hydrogen-bond donors (Lipinski definition) is 1.